The van der Waals surface area contributed by atoms with Crippen LogP contribution in [0.1, 0.15) is 58.3 Å². The molecule has 0 amide bonds. The molecule has 0 saturated carbocycles. The summed E-state index contributed by atoms with van der Waals surface area (Å²) in [6.45, 7) is 5.54. The molecule has 1 aliphatic rings. The monoisotopic (exact) mass is 213 g/mol. The SMILES string of the molecule is CCCCCCC(O)CN1CCCCC1. The van der Waals surface area contributed by atoms with Crippen molar-refractivity contribution in [2.45, 2.75) is 64.4 Å². The van der Waals surface area contributed by atoms with Crippen molar-refractivity contribution in [2.24, 2.45) is 0 Å². The van der Waals surface area contributed by atoms with Gasteiger partial charge in [0.25, 0.3) is 0 Å². The van der Waals surface area contributed by atoms with Crippen LogP contribution in [0.3, 0.4) is 0 Å². The molecule has 1 unspecified atom stereocenters. The maximum absolute atomic E-state index is 9.86. The summed E-state index contributed by atoms with van der Waals surface area (Å²) in [7, 11) is 0. The Labute approximate surface area is 94.7 Å². The molecule has 0 aromatic carbocycles. The second-order valence-corrected chi connectivity index (χ2v) is 4.86. The lowest BCUT2D eigenvalue weighted by molar-refractivity contribution is 0.0927. The van der Waals surface area contributed by atoms with E-state index in [1.807, 2.05) is 0 Å². The fourth-order valence-electron chi connectivity index (χ4n) is 2.34. The second kappa shape index (κ2) is 8.12. The first-order valence-corrected chi connectivity index (χ1v) is 6.73. The van der Waals surface area contributed by atoms with Crippen LogP contribution in [0.2, 0.25) is 0 Å². The van der Waals surface area contributed by atoms with E-state index in [9.17, 15) is 5.11 Å². The topological polar surface area (TPSA) is 23.5 Å². The van der Waals surface area contributed by atoms with Crippen LogP contribution in [0.4, 0.5) is 0 Å². The van der Waals surface area contributed by atoms with Gasteiger partial charge >= 0.3 is 0 Å². The number of piperidine rings is 1. The maximum atomic E-state index is 9.86. The number of aliphatic hydroxyl groups excluding tert-OH is 1. The van der Waals surface area contributed by atoms with E-state index < -0.39 is 0 Å². The normalized spacial score (nSPS) is 20.4. The smallest absolute Gasteiger partial charge is 0.0667 e. The van der Waals surface area contributed by atoms with E-state index in [4.69, 9.17) is 0 Å². The third-order valence-corrected chi connectivity index (χ3v) is 3.31. The Balaban J connectivity index is 1.98. The van der Waals surface area contributed by atoms with Crippen LogP contribution in [-0.4, -0.2) is 35.7 Å². The highest BCUT2D eigenvalue weighted by Gasteiger charge is 2.13. The standard InChI is InChI=1S/C13H27NO/c1-2-3-4-6-9-13(15)12-14-10-7-5-8-11-14/h13,15H,2-12H2,1H3. The van der Waals surface area contributed by atoms with Crippen molar-refractivity contribution >= 4 is 0 Å². The lowest BCUT2D eigenvalue weighted by Crippen LogP contribution is -2.36. The van der Waals surface area contributed by atoms with Gasteiger partial charge in [-0.1, -0.05) is 39.0 Å². The molecule has 0 aromatic heterocycles. The average molecular weight is 213 g/mol. The summed E-state index contributed by atoms with van der Waals surface area (Å²) < 4.78 is 0. The van der Waals surface area contributed by atoms with E-state index in [2.05, 4.69) is 11.8 Å². The number of aliphatic hydroxyl groups is 1. The van der Waals surface area contributed by atoms with Gasteiger partial charge in [-0.3, -0.25) is 0 Å². The third-order valence-electron chi connectivity index (χ3n) is 3.31. The van der Waals surface area contributed by atoms with Crippen LogP contribution in [0, 0.1) is 0 Å². The molecule has 0 aromatic rings. The van der Waals surface area contributed by atoms with Crippen LogP contribution in [0.15, 0.2) is 0 Å². The predicted octanol–water partition coefficient (Wildman–Crippen LogP) is 2.80. The van der Waals surface area contributed by atoms with Crippen molar-refractivity contribution in [2.75, 3.05) is 19.6 Å². The number of β-amino-alcohol motifs (C(OH)–C–C–N with tert-alkyl or cyclic N) is 1. The number of hydrogen-bond acceptors (Lipinski definition) is 2. The first-order chi connectivity index (χ1) is 7.33. The van der Waals surface area contributed by atoms with Gasteiger partial charge in [-0.25, -0.2) is 0 Å². The summed E-state index contributed by atoms with van der Waals surface area (Å²) in [5, 5.41) is 9.86. The van der Waals surface area contributed by atoms with Crippen LogP contribution >= 0.6 is 0 Å². The average Bonchev–Trinajstić information content (AvgIpc) is 2.26. The number of hydrogen-bond donors (Lipinski definition) is 1. The Morgan fingerprint density at radius 1 is 1.07 bits per heavy atom. The summed E-state index contributed by atoms with van der Waals surface area (Å²) in [5.41, 5.74) is 0. The largest absolute Gasteiger partial charge is 0.392 e. The molecule has 0 spiro atoms. The molecule has 1 fully saturated rings. The molecule has 1 N–H and O–H groups in total. The van der Waals surface area contributed by atoms with Crippen LogP contribution < -0.4 is 0 Å². The van der Waals surface area contributed by atoms with E-state index >= 15 is 0 Å². The Morgan fingerprint density at radius 2 is 1.80 bits per heavy atom. The van der Waals surface area contributed by atoms with E-state index in [1.54, 1.807) is 0 Å². The predicted molar refractivity (Wildman–Crippen MR) is 65.1 cm³/mol. The van der Waals surface area contributed by atoms with Crippen LogP contribution in [0.25, 0.3) is 0 Å². The van der Waals surface area contributed by atoms with E-state index in [0.717, 1.165) is 13.0 Å². The maximum Gasteiger partial charge on any atom is 0.0667 e. The highest BCUT2D eigenvalue weighted by molar-refractivity contribution is 4.68. The highest BCUT2D eigenvalue weighted by atomic mass is 16.3. The fraction of sp³-hybridized carbons (Fsp3) is 1.00. The number of nitrogens with zero attached hydrogens (tertiary/aromatic N) is 1. The quantitative estimate of drug-likeness (QED) is 0.657. The fourth-order valence-corrected chi connectivity index (χ4v) is 2.34. The van der Waals surface area contributed by atoms with Gasteiger partial charge in [0.1, 0.15) is 0 Å². The summed E-state index contributed by atoms with van der Waals surface area (Å²) in [4.78, 5) is 2.42. The third kappa shape index (κ3) is 6.16. The van der Waals surface area contributed by atoms with E-state index in [0.29, 0.717) is 0 Å². The Hall–Kier alpha value is -0.0800. The van der Waals surface area contributed by atoms with E-state index in [1.165, 1.54) is 58.0 Å². The van der Waals surface area contributed by atoms with Crippen LogP contribution in [-0.2, 0) is 0 Å². The molecule has 1 heterocycles. The second-order valence-electron chi connectivity index (χ2n) is 4.86. The highest BCUT2D eigenvalue weighted by Crippen LogP contribution is 2.11. The van der Waals surface area contributed by atoms with Crippen molar-refractivity contribution in [3.63, 3.8) is 0 Å². The van der Waals surface area contributed by atoms with Crippen LogP contribution in [0.5, 0.6) is 0 Å². The van der Waals surface area contributed by atoms with Gasteiger partial charge in [0.2, 0.25) is 0 Å². The van der Waals surface area contributed by atoms with Gasteiger partial charge in [0, 0.05) is 6.54 Å². The lowest BCUT2D eigenvalue weighted by Gasteiger charge is -2.28. The summed E-state index contributed by atoms with van der Waals surface area (Å²) >= 11 is 0. The van der Waals surface area contributed by atoms with Crippen molar-refractivity contribution < 1.29 is 5.11 Å². The minimum atomic E-state index is -0.0834. The van der Waals surface area contributed by atoms with Crippen molar-refractivity contribution in [3.05, 3.63) is 0 Å². The van der Waals surface area contributed by atoms with Gasteiger partial charge in [-0.15, -0.1) is 0 Å². The summed E-state index contributed by atoms with van der Waals surface area (Å²) in [5.74, 6) is 0. The Kier molecular flexibility index (Phi) is 7.03. The zero-order chi connectivity index (χ0) is 10.9. The van der Waals surface area contributed by atoms with Crippen molar-refractivity contribution in [3.8, 4) is 0 Å². The van der Waals surface area contributed by atoms with Crippen molar-refractivity contribution in [1.82, 2.24) is 4.90 Å². The van der Waals surface area contributed by atoms with Gasteiger partial charge in [-0.2, -0.15) is 0 Å². The molecule has 2 heteroatoms. The zero-order valence-electron chi connectivity index (χ0n) is 10.2. The van der Waals surface area contributed by atoms with Gasteiger partial charge in [0.15, 0.2) is 0 Å². The molecule has 2 nitrogen and oxygen atoms in total. The molecular formula is C13H27NO. The molecule has 1 atom stereocenters. The minimum Gasteiger partial charge on any atom is -0.392 e. The molecule has 1 rings (SSSR count). The Morgan fingerprint density at radius 3 is 2.47 bits per heavy atom. The van der Waals surface area contributed by atoms with Gasteiger partial charge < -0.3 is 10.0 Å². The number of rotatable bonds is 7. The molecule has 90 valence electrons. The minimum absolute atomic E-state index is 0.0834. The molecule has 0 radical (unpaired) electrons. The first kappa shape index (κ1) is 13.0. The molecule has 1 aliphatic heterocycles. The number of unbranched alkanes of at least 4 members (excludes halogenated alkanes) is 3. The van der Waals surface area contributed by atoms with Gasteiger partial charge in [0.05, 0.1) is 6.10 Å². The molecule has 15 heavy (non-hydrogen) atoms. The molecule has 0 bridgehead atoms. The zero-order valence-corrected chi connectivity index (χ0v) is 10.2. The number of likely N-dealkylation sites (tertiary alicyclic amines) is 1. The molecule has 1 saturated heterocycles. The Bertz CT molecular complexity index is 143. The first-order valence-electron chi connectivity index (χ1n) is 6.73. The molecular weight excluding hydrogens is 186 g/mol. The van der Waals surface area contributed by atoms with Crippen molar-refractivity contribution in [1.29, 1.82) is 0 Å². The summed E-state index contributed by atoms with van der Waals surface area (Å²) in [6, 6.07) is 0. The lowest BCUT2D eigenvalue weighted by atomic mass is 10.1. The summed E-state index contributed by atoms with van der Waals surface area (Å²) in [6.07, 6.45) is 10.0. The molecule has 0 aliphatic carbocycles. The van der Waals surface area contributed by atoms with Gasteiger partial charge in [-0.05, 0) is 32.4 Å². The van der Waals surface area contributed by atoms with E-state index in [-0.39, 0.29) is 6.10 Å².